The van der Waals surface area contributed by atoms with Gasteiger partial charge in [0.15, 0.2) is 22.4 Å². The van der Waals surface area contributed by atoms with Gasteiger partial charge in [-0.1, -0.05) is 17.8 Å². The average molecular weight is 544 g/mol. The van der Waals surface area contributed by atoms with E-state index in [-0.39, 0.29) is 16.8 Å². The minimum Gasteiger partial charge on any atom is -0.497 e. The maximum Gasteiger partial charge on any atom is 0.285 e. The van der Waals surface area contributed by atoms with Crippen LogP contribution >= 0.6 is 24.0 Å². The fourth-order valence-corrected chi connectivity index (χ4v) is 4.74. The van der Waals surface area contributed by atoms with E-state index in [1.807, 2.05) is 0 Å². The molecule has 0 unspecified atom stereocenters. The topological polar surface area (TPSA) is 107 Å². The lowest BCUT2D eigenvalue weighted by Crippen LogP contribution is -2.44. The number of thiocarbonyl (C=S) groups is 1. The van der Waals surface area contributed by atoms with Crippen LogP contribution in [0.2, 0.25) is 0 Å². The normalized spacial score (nSPS) is 16.6. The Hall–Kier alpha value is -3.61. The summed E-state index contributed by atoms with van der Waals surface area (Å²) in [7, 11) is 3.02. The first-order valence-electron chi connectivity index (χ1n) is 11.3. The number of methoxy groups -OCH3 is 2. The van der Waals surface area contributed by atoms with Gasteiger partial charge in [0, 0.05) is 18.7 Å². The molecule has 0 radical (unpaired) electrons. The second kappa shape index (κ2) is 12.1. The van der Waals surface area contributed by atoms with Gasteiger partial charge in [0.2, 0.25) is 0 Å². The van der Waals surface area contributed by atoms with Gasteiger partial charge in [0.1, 0.15) is 5.75 Å². The maximum absolute atomic E-state index is 12.9. The first kappa shape index (κ1) is 26.5. The zero-order chi connectivity index (χ0) is 26.4. The summed E-state index contributed by atoms with van der Waals surface area (Å²) < 4.78 is 21.7. The summed E-state index contributed by atoms with van der Waals surface area (Å²) in [6.07, 6.45) is 1.64. The van der Waals surface area contributed by atoms with Crippen LogP contribution in [0.15, 0.2) is 47.4 Å². The lowest BCUT2D eigenvalue weighted by molar-refractivity contribution is -0.137. The molecule has 3 amide bonds. The molecule has 2 aromatic carbocycles. The van der Waals surface area contributed by atoms with Crippen molar-refractivity contribution in [2.24, 2.45) is 0 Å². The number of rotatable bonds is 8. The average Bonchev–Trinajstić information content (AvgIpc) is 3.19. The van der Waals surface area contributed by atoms with Crippen LogP contribution in [0.1, 0.15) is 15.9 Å². The van der Waals surface area contributed by atoms with E-state index in [4.69, 9.17) is 31.2 Å². The van der Waals surface area contributed by atoms with Crippen LogP contribution in [0, 0.1) is 0 Å². The molecule has 0 spiro atoms. The van der Waals surface area contributed by atoms with Crippen LogP contribution in [0.4, 0.5) is 0 Å². The van der Waals surface area contributed by atoms with Gasteiger partial charge in [-0.3, -0.25) is 19.8 Å². The maximum atomic E-state index is 12.9. The predicted molar refractivity (Wildman–Crippen MR) is 141 cm³/mol. The Bertz CT molecular complexity index is 1230. The van der Waals surface area contributed by atoms with Crippen molar-refractivity contribution in [2.45, 2.75) is 0 Å². The Kier molecular flexibility index (Phi) is 8.64. The highest BCUT2D eigenvalue weighted by Crippen LogP contribution is 2.34. The quantitative estimate of drug-likeness (QED) is 0.397. The second-order valence-electron chi connectivity index (χ2n) is 7.88. The number of benzene rings is 2. The molecule has 0 saturated carbocycles. The molecule has 2 fully saturated rings. The minimum atomic E-state index is -0.477. The van der Waals surface area contributed by atoms with Crippen molar-refractivity contribution in [1.82, 2.24) is 15.3 Å². The number of carbonyl (C=O) groups excluding carboxylic acids is 3. The van der Waals surface area contributed by atoms with Gasteiger partial charge in [-0.25, -0.2) is 0 Å². The molecular weight excluding hydrogens is 518 g/mol. The summed E-state index contributed by atoms with van der Waals surface area (Å²) in [5.74, 6) is 0.366. The van der Waals surface area contributed by atoms with Gasteiger partial charge >= 0.3 is 0 Å². The van der Waals surface area contributed by atoms with Crippen molar-refractivity contribution in [2.75, 3.05) is 47.1 Å². The molecule has 194 valence electrons. The summed E-state index contributed by atoms with van der Waals surface area (Å²) in [6.45, 7) is 1.98. The van der Waals surface area contributed by atoms with Crippen LogP contribution in [0.5, 0.6) is 17.2 Å². The van der Waals surface area contributed by atoms with Crippen LogP contribution in [-0.4, -0.2) is 79.1 Å². The second-order valence-corrected chi connectivity index (χ2v) is 9.55. The molecule has 0 aromatic heterocycles. The highest BCUT2D eigenvalue weighted by atomic mass is 32.2. The lowest BCUT2D eigenvalue weighted by Gasteiger charge is -2.26. The Labute approximate surface area is 223 Å². The molecule has 0 atom stereocenters. The Balaban J connectivity index is 1.41. The highest BCUT2D eigenvalue weighted by molar-refractivity contribution is 8.26. The van der Waals surface area contributed by atoms with Crippen LogP contribution in [0.25, 0.3) is 6.08 Å². The van der Waals surface area contributed by atoms with E-state index >= 15 is 0 Å². The Morgan fingerprint density at radius 2 is 1.81 bits per heavy atom. The Morgan fingerprint density at radius 1 is 1.08 bits per heavy atom. The number of hydrogen-bond donors (Lipinski definition) is 1. The number of hydrazine groups is 1. The molecule has 2 aliphatic heterocycles. The number of morpholine rings is 1. The largest absolute Gasteiger partial charge is 0.497 e. The molecule has 10 nitrogen and oxygen atoms in total. The van der Waals surface area contributed by atoms with Gasteiger partial charge in [0.25, 0.3) is 17.7 Å². The molecule has 12 heteroatoms. The van der Waals surface area contributed by atoms with Gasteiger partial charge in [-0.05, 0) is 60.3 Å². The molecule has 4 rings (SSSR count). The molecule has 37 heavy (non-hydrogen) atoms. The van der Waals surface area contributed by atoms with E-state index < -0.39 is 11.8 Å². The summed E-state index contributed by atoms with van der Waals surface area (Å²) in [5.41, 5.74) is 3.56. The van der Waals surface area contributed by atoms with Crippen molar-refractivity contribution in [3.63, 3.8) is 0 Å². The molecular formula is C25H25N3O7S2. The monoisotopic (exact) mass is 543 g/mol. The SMILES string of the molecule is COc1ccc(C(=O)NN2C(=O)/C(=C/c3ccc(OCC(=O)N4CCOCC4)c(OC)c3)SC2=S)cc1. The van der Waals surface area contributed by atoms with Crippen molar-refractivity contribution in [1.29, 1.82) is 0 Å². The number of thioether (sulfide) groups is 1. The summed E-state index contributed by atoms with van der Waals surface area (Å²) in [6, 6.07) is 11.6. The number of hydrogen-bond acceptors (Lipinski definition) is 9. The van der Waals surface area contributed by atoms with Crippen molar-refractivity contribution in [3.8, 4) is 17.2 Å². The van der Waals surface area contributed by atoms with Gasteiger partial charge in [-0.15, -0.1) is 0 Å². The first-order chi connectivity index (χ1) is 17.9. The van der Waals surface area contributed by atoms with E-state index in [0.29, 0.717) is 59.6 Å². The van der Waals surface area contributed by atoms with Gasteiger partial charge in [-0.2, -0.15) is 5.01 Å². The molecule has 0 aliphatic carbocycles. The standard InChI is InChI=1S/C25H25N3O7S2/c1-32-18-6-4-17(5-7-18)23(30)26-28-24(31)21(37-25(28)36)14-16-3-8-19(20(13-16)33-2)35-15-22(29)27-9-11-34-12-10-27/h3-8,13-14H,9-12,15H2,1-2H3,(H,26,30)/b21-14-. The minimum absolute atomic E-state index is 0.123. The zero-order valence-electron chi connectivity index (χ0n) is 20.2. The third-order valence-electron chi connectivity index (χ3n) is 5.56. The van der Waals surface area contributed by atoms with E-state index in [1.165, 1.54) is 14.2 Å². The van der Waals surface area contributed by atoms with E-state index in [1.54, 1.807) is 53.4 Å². The van der Waals surface area contributed by atoms with Crippen molar-refractivity contribution in [3.05, 3.63) is 58.5 Å². The zero-order valence-corrected chi connectivity index (χ0v) is 21.9. The summed E-state index contributed by atoms with van der Waals surface area (Å²) in [4.78, 5) is 39.9. The molecule has 2 saturated heterocycles. The van der Waals surface area contributed by atoms with Gasteiger partial charge in [0.05, 0.1) is 32.3 Å². The van der Waals surface area contributed by atoms with Crippen molar-refractivity contribution >= 4 is 52.1 Å². The predicted octanol–water partition coefficient (Wildman–Crippen LogP) is 2.49. The molecule has 2 aliphatic rings. The van der Waals surface area contributed by atoms with Crippen LogP contribution in [-0.2, 0) is 14.3 Å². The fourth-order valence-electron chi connectivity index (χ4n) is 3.56. The number of nitrogens with one attached hydrogen (secondary N) is 1. The number of ether oxygens (including phenoxy) is 4. The molecule has 0 bridgehead atoms. The summed E-state index contributed by atoms with van der Waals surface area (Å²) in [5, 5.41) is 1.05. The fraction of sp³-hybridized carbons (Fsp3) is 0.280. The third kappa shape index (κ3) is 6.40. The number of nitrogens with zero attached hydrogens (tertiary/aromatic N) is 2. The van der Waals surface area contributed by atoms with Crippen molar-refractivity contribution < 1.29 is 33.3 Å². The van der Waals surface area contributed by atoms with Crippen LogP contribution < -0.4 is 19.6 Å². The smallest absolute Gasteiger partial charge is 0.285 e. The lowest BCUT2D eigenvalue weighted by atomic mass is 10.2. The molecule has 2 aromatic rings. The summed E-state index contributed by atoms with van der Waals surface area (Å²) >= 11 is 6.37. The van der Waals surface area contributed by atoms with Gasteiger partial charge < -0.3 is 23.8 Å². The number of amides is 3. The third-order valence-corrected chi connectivity index (χ3v) is 6.86. The van der Waals surface area contributed by atoms with E-state index in [9.17, 15) is 14.4 Å². The van der Waals surface area contributed by atoms with Crippen LogP contribution in [0.3, 0.4) is 0 Å². The van der Waals surface area contributed by atoms with E-state index in [0.717, 1.165) is 16.8 Å². The highest BCUT2D eigenvalue weighted by Gasteiger charge is 2.34. The molecule has 2 heterocycles. The van der Waals surface area contributed by atoms with E-state index in [2.05, 4.69) is 5.43 Å². The molecule has 1 N–H and O–H groups in total. The first-order valence-corrected chi connectivity index (χ1v) is 12.5. The Morgan fingerprint density at radius 3 is 2.49 bits per heavy atom. The number of carbonyl (C=O) groups is 3.